The standard InChI is InChI=1S/C12H14BrNO2/c13-10-4-1-8(2-5-10)9-3-6-11(7-9)16-12(14)15/h1-2,4-5,9,11H,3,6-7H2,(H2,14,15). The van der Waals surface area contributed by atoms with Crippen molar-refractivity contribution >= 4 is 22.0 Å². The number of rotatable bonds is 2. The summed E-state index contributed by atoms with van der Waals surface area (Å²) in [5, 5.41) is 0. The molecule has 0 radical (unpaired) electrons. The second-order valence-electron chi connectivity index (χ2n) is 4.12. The van der Waals surface area contributed by atoms with E-state index in [0.717, 1.165) is 23.7 Å². The predicted molar refractivity (Wildman–Crippen MR) is 65.2 cm³/mol. The summed E-state index contributed by atoms with van der Waals surface area (Å²) in [6, 6.07) is 8.30. The van der Waals surface area contributed by atoms with Gasteiger partial charge in [-0.25, -0.2) is 4.79 Å². The lowest BCUT2D eigenvalue weighted by Crippen LogP contribution is -2.20. The number of amides is 1. The molecule has 4 heteroatoms. The summed E-state index contributed by atoms with van der Waals surface area (Å²) in [5.41, 5.74) is 6.31. The van der Waals surface area contributed by atoms with Crippen LogP contribution in [0.25, 0.3) is 0 Å². The molecule has 3 nitrogen and oxygen atoms in total. The van der Waals surface area contributed by atoms with Gasteiger partial charge < -0.3 is 10.5 Å². The molecular formula is C12H14BrNO2. The zero-order valence-electron chi connectivity index (χ0n) is 8.86. The number of ether oxygens (including phenoxy) is 1. The minimum atomic E-state index is -0.665. The molecular weight excluding hydrogens is 270 g/mol. The Balaban J connectivity index is 1.98. The Hall–Kier alpha value is -1.03. The molecule has 2 N–H and O–H groups in total. The summed E-state index contributed by atoms with van der Waals surface area (Å²) in [5.74, 6) is 0.484. The fraction of sp³-hybridized carbons (Fsp3) is 0.417. The number of benzene rings is 1. The lowest BCUT2D eigenvalue weighted by Gasteiger charge is -2.11. The average Bonchev–Trinajstić information content (AvgIpc) is 2.66. The SMILES string of the molecule is NC(=O)OC1CCC(c2ccc(Br)cc2)C1. The van der Waals surface area contributed by atoms with Crippen LogP contribution in [0.15, 0.2) is 28.7 Å². The first-order valence-corrected chi connectivity index (χ1v) is 6.16. The van der Waals surface area contributed by atoms with Gasteiger partial charge in [0.15, 0.2) is 0 Å². The third-order valence-corrected chi connectivity index (χ3v) is 3.54. The third kappa shape index (κ3) is 2.76. The van der Waals surface area contributed by atoms with E-state index in [1.165, 1.54) is 5.56 Å². The van der Waals surface area contributed by atoms with Crippen LogP contribution in [0.5, 0.6) is 0 Å². The van der Waals surface area contributed by atoms with Crippen molar-refractivity contribution in [1.29, 1.82) is 0 Å². The lowest BCUT2D eigenvalue weighted by molar-refractivity contribution is 0.109. The zero-order valence-corrected chi connectivity index (χ0v) is 10.4. The maximum Gasteiger partial charge on any atom is 0.404 e. The molecule has 0 saturated heterocycles. The van der Waals surface area contributed by atoms with Crippen molar-refractivity contribution < 1.29 is 9.53 Å². The van der Waals surface area contributed by atoms with Crippen molar-refractivity contribution in [2.24, 2.45) is 5.73 Å². The first-order valence-electron chi connectivity index (χ1n) is 5.36. The molecule has 86 valence electrons. The molecule has 2 unspecified atom stereocenters. The first kappa shape index (κ1) is 11.5. The van der Waals surface area contributed by atoms with Gasteiger partial charge in [-0.05, 0) is 42.9 Å². The maximum atomic E-state index is 10.6. The Bertz CT molecular complexity index is 377. The van der Waals surface area contributed by atoms with E-state index in [1.807, 2.05) is 12.1 Å². The van der Waals surface area contributed by atoms with Gasteiger partial charge in [-0.2, -0.15) is 0 Å². The number of hydrogen-bond acceptors (Lipinski definition) is 2. The van der Waals surface area contributed by atoms with Gasteiger partial charge in [0.1, 0.15) is 6.10 Å². The van der Waals surface area contributed by atoms with E-state index >= 15 is 0 Å². The zero-order chi connectivity index (χ0) is 11.5. The van der Waals surface area contributed by atoms with Crippen molar-refractivity contribution in [3.8, 4) is 0 Å². The molecule has 1 aliphatic carbocycles. The fourth-order valence-corrected chi connectivity index (χ4v) is 2.51. The summed E-state index contributed by atoms with van der Waals surface area (Å²) in [6.07, 6.45) is 2.17. The second kappa shape index (κ2) is 4.87. The molecule has 1 aromatic carbocycles. The van der Waals surface area contributed by atoms with E-state index in [4.69, 9.17) is 10.5 Å². The largest absolute Gasteiger partial charge is 0.446 e. The number of carbonyl (C=O) groups excluding carboxylic acids is 1. The number of primary amides is 1. The molecule has 1 amide bonds. The predicted octanol–water partition coefficient (Wildman–Crippen LogP) is 3.18. The third-order valence-electron chi connectivity index (χ3n) is 3.01. The van der Waals surface area contributed by atoms with Gasteiger partial charge >= 0.3 is 6.09 Å². The quantitative estimate of drug-likeness (QED) is 0.906. The summed E-state index contributed by atoms with van der Waals surface area (Å²) in [4.78, 5) is 10.6. The van der Waals surface area contributed by atoms with Crippen molar-refractivity contribution in [3.63, 3.8) is 0 Å². The number of hydrogen-bond donors (Lipinski definition) is 1. The Kier molecular flexibility index (Phi) is 3.49. The van der Waals surface area contributed by atoms with Gasteiger partial charge in [0.25, 0.3) is 0 Å². The van der Waals surface area contributed by atoms with Crippen LogP contribution in [0.2, 0.25) is 0 Å². The topological polar surface area (TPSA) is 52.3 Å². The summed E-state index contributed by atoms with van der Waals surface area (Å²) in [6.45, 7) is 0. The monoisotopic (exact) mass is 283 g/mol. The molecule has 0 bridgehead atoms. The molecule has 0 aliphatic heterocycles. The number of carbonyl (C=O) groups is 1. The molecule has 1 aromatic rings. The molecule has 1 aliphatic rings. The Labute approximate surface area is 103 Å². The smallest absolute Gasteiger partial charge is 0.404 e. The van der Waals surface area contributed by atoms with E-state index in [9.17, 15) is 4.79 Å². The Morgan fingerprint density at radius 1 is 1.31 bits per heavy atom. The minimum absolute atomic E-state index is 0.00820. The Morgan fingerprint density at radius 2 is 2.00 bits per heavy atom. The van der Waals surface area contributed by atoms with Gasteiger partial charge in [-0.15, -0.1) is 0 Å². The summed E-state index contributed by atoms with van der Waals surface area (Å²) in [7, 11) is 0. The van der Waals surface area contributed by atoms with Crippen LogP contribution in [0, 0.1) is 0 Å². The van der Waals surface area contributed by atoms with Gasteiger partial charge in [0.05, 0.1) is 0 Å². The second-order valence-corrected chi connectivity index (χ2v) is 5.04. The van der Waals surface area contributed by atoms with Gasteiger partial charge in [0.2, 0.25) is 0 Å². The van der Waals surface area contributed by atoms with Gasteiger partial charge in [0, 0.05) is 4.47 Å². The molecule has 0 aromatic heterocycles. The van der Waals surface area contributed by atoms with E-state index in [1.54, 1.807) is 0 Å². The minimum Gasteiger partial charge on any atom is -0.446 e. The molecule has 0 heterocycles. The Morgan fingerprint density at radius 3 is 2.62 bits per heavy atom. The van der Waals surface area contributed by atoms with Crippen molar-refractivity contribution in [1.82, 2.24) is 0 Å². The summed E-state index contributed by atoms with van der Waals surface area (Å²) >= 11 is 3.41. The maximum absolute atomic E-state index is 10.6. The van der Waals surface area contributed by atoms with Crippen LogP contribution in [-0.2, 0) is 4.74 Å². The van der Waals surface area contributed by atoms with Crippen LogP contribution in [0.3, 0.4) is 0 Å². The highest BCUT2D eigenvalue weighted by Gasteiger charge is 2.27. The van der Waals surface area contributed by atoms with Crippen LogP contribution in [-0.4, -0.2) is 12.2 Å². The normalized spacial score (nSPS) is 24.3. The van der Waals surface area contributed by atoms with E-state index in [2.05, 4.69) is 28.1 Å². The van der Waals surface area contributed by atoms with Gasteiger partial charge in [-0.1, -0.05) is 28.1 Å². The van der Waals surface area contributed by atoms with Crippen molar-refractivity contribution in [2.45, 2.75) is 31.3 Å². The first-order chi connectivity index (χ1) is 7.65. The fourth-order valence-electron chi connectivity index (χ4n) is 2.25. The molecule has 1 fully saturated rings. The van der Waals surface area contributed by atoms with E-state index in [-0.39, 0.29) is 6.10 Å². The molecule has 2 atom stereocenters. The highest BCUT2D eigenvalue weighted by molar-refractivity contribution is 9.10. The van der Waals surface area contributed by atoms with E-state index in [0.29, 0.717) is 5.92 Å². The molecule has 0 spiro atoms. The number of nitrogens with two attached hydrogens (primary N) is 1. The summed E-state index contributed by atoms with van der Waals surface area (Å²) < 4.78 is 6.10. The molecule has 16 heavy (non-hydrogen) atoms. The highest BCUT2D eigenvalue weighted by Crippen LogP contribution is 2.36. The van der Waals surface area contributed by atoms with Gasteiger partial charge in [-0.3, -0.25) is 0 Å². The van der Waals surface area contributed by atoms with E-state index < -0.39 is 6.09 Å². The molecule has 2 rings (SSSR count). The highest BCUT2D eigenvalue weighted by atomic mass is 79.9. The van der Waals surface area contributed by atoms with Crippen LogP contribution in [0.4, 0.5) is 4.79 Å². The van der Waals surface area contributed by atoms with Crippen molar-refractivity contribution in [3.05, 3.63) is 34.3 Å². The van der Waals surface area contributed by atoms with Crippen LogP contribution in [0.1, 0.15) is 30.7 Å². The average molecular weight is 284 g/mol. The number of halogens is 1. The van der Waals surface area contributed by atoms with Crippen LogP contribution < -0.4 is 5.73 Å². The lowest BCUT2D eigenvalue weighted by atomic mass is 9.98. The van der Waals surface area contributed by atoms with Crippen molar-refractivity contribution in [2.75, 3.05) is 0 Å². The molecule has 1 saturated carbocycles. The van der Waals surface area contributed by atoms with Crippen LogP contribution >= 0.6 is 15.9 Å².